The Balaban J connectivity index is 1.76. The molecule has 1 aliphatic rings. The van der Waals surface area contributed by atoms with E-state index in [0.717, 1.165) is 11.1 Å². The molecular weight excluding hydrogens is 355 g/mol. The van der Waals surface area contributed by atoms with Crippen molar-refractivity contribution in [3.8, 4) is 11.1 Å². The van der Waals surface area contributed by atoms with Crippen LogP contribution in [0.1, 0.15) is 12.5 Å². The molecule has 2 aromatic rings. The quantitative estimate of drug-likeness (QED) is 0.789. The minimum atomic E-state index is -0.550. The number of halogens is 1. The van der Waals surface area contributed by atoms with E-state index in [1.165, 1.54) is 17.9 Å². The molecule has 26 heavy (non-hydrogen) atoms. The maximum Gasteiger partial charge on any atom is 0.414 e. The van der Waals surface area contributed by atoms with Crippen LogP contribution in [0.4, 0.5) is 14.9 Å². The zero-order valence-electron chi connectivity index (χ0n) is 14.2. The lowest BCUT2D eigenvalue weighted by atomic mass is 10.0. The summed E-state index contributed by atoms with van der Waals surface area (Å²) in [5, 5.41) is 2.61. The van der Waals surface area contributed by atoms with Crippen molar-refractivity contribution in [3.63, 3.8) is 0 Å². The van der Waals surface area contributed by atoms with Crippen molar-refractivity contribution < 1.29 is 18.7 Å². The third-order valence-corrected chi connectivity index (χ3v) is 4.53. The summed E-state index contributed by atoms with van der Waals surface area (Å²) in [6, 6.07) is 12.2. The highest BCUT2D eigenvalue weighted by molar-refractivity contribution is 7.79. The fourth-order valence-electron chi connectivity index (χ4n) is 2.79. The van der Waals surface area contributed by atoms with Crippen LogP contribution < -0.4 is 10.2 Å². The van der Waals surface area contributed by atoms with E-state index in [-0.39, 0.29) is 19.0 Å². The number of carbonyl (C=O) groups excluding carboxylic acids is 2. The topological polar surface area (TPSA) is 58.6 Å². The van der Waals surface area contributed by atoms with E-state index in [1.54, 1.807) is 12.1 Å². The van der Waals surface area contributed by atoms with Crippen LogP contribution in [0.2, 0.25) is 0 Å². The second-order valence-electron chi connectivity index (χ2n) is 6.07. The van der Waals surface area contributed by atoms with Crippen molar-refractivity contribution >= 4 is 30.3 Å². The molecular formula is C19H19FN2O3S. The number of hydrogen-bond donors (Lipinski definition) is 2. The number of carbonyl (C=O) groups is 2. The summed E-state index contributed by atoms with van der Waals surface area (Å²) in [5.74, 6) is 0.0105. The second-order valence-corrected chi connectivity index (χ2v) is 6.39. The highest BCUT2D eigenvalue weighted by atomic mass is 32.1. The molecule has 0 spiro atoms. The maximum atomic E-state index is 14.6. The van der Waals surface area contributed by atoms with Gasteiger partial charge in [-0.1, -0.05) is 24.3 Å². The number of nitrogens with zero attached hydrogens (tertiary/aromatic N) is 1. The van der Waals surface area contributed by atoms with E-state index in [4.69, 9.17) is 4.74 Å². The van der Waals surface area contributed by atoms with Crippen LogP contribution in [0.25, 0.3) is 11.1 Å². The van der Waals surface area contributed by atoms with Gasteiger partial charge in [0.25, 0.3) is 0 Å². The average molecular weight is 374 g/mol. The minimum Gasteiger partial charge on any atom is -0.442 e. The Morgan fingerprint density at radius 3 is 2.65 bits per heavy atom. The van der Waals surface area contributed by atoms with Gasteiger partial charge in [0, 0.05) is 18.2 Å². The van der Waals surface area contributed by atoms with Crippen LogP contribution in [0.15, 0.2) is 42.5 Å². The summed E-state index contributed by atoms with van der Waals surface area (Å²) in [7, 11) is 0. The van der Waals surface area contributed by atoms with Crippen molar-refractivity contribution in [2.45, 2.75) is 18.8 Å². The number of hydrogen-bond acceptors (Lipinski definition) is 4. The van der Waals surface area contributed by atoms with Gasteiger partial charge in [0.2, 0.25) is 5.91 Å². The molecule has 1 fully saturated rings. The van der Waals surface area contributed by atoms with Gasteiger partial charge in [-0.15, -0.1) is 0 Å². The lowest BCUT2D eigenvalue weighted by Gasteiger charge is -2.14. The number of cyclic esters (lactones) is 1. The average Bonchev–Trinajstić information content (AvgIpc) is 3.01. The molecule has 1 aliphatic heterocycles. The molecule has 0 radical (unpaired) electrons. The standard InChI is InChI=1S/C19H19FN2O3S/c1-12(23)21-9-16-10-22(19(24)25-16)15-6-7-17(18(20)8-15)14-4-2-13(11-26)3-5-14/h2-8,16,26H,9-11H2,1H3,(H,21,23)/t16-/m0/s1. The molecule has 0 saturated carbocycles. The molecule has 2 amide bonds. The number of amides is 2. The fraction of sp³-hybridized carbons (Fsp3) is 0.263. The first kappa shape index (κ1) is 18.3. The van der Waals surface area contributed by atoms with E-state index in [2.05, 4.69) is 17.9 Å². The first-order chi connectivity index (χ1) is 12.5. The first-order valence-corrected chi connectivity index (χ1v) is 8.83. The van der Waals surface area contributed by atoms with Gasteiger partial charge in [-0.3, -0.25) is 9.69 Å². The molecule has 1 heterocycles. The van der Waals surface area contributed by atoms with Crippen LogP contribution in [-0.4, -0.2) is 31.2 Å². The van der Waals surface area contributed by atoms with E-state index in [0.29, 0.717) is 17.0 Å². The van der Waals surface area contributed by atoms with Gasteiger partial charge in [0.15, 0.2) is 0 Å². The summed E-state index contributed by atoms with van der Waals surface area (Å²) >= 11 is 4.21. The maximum absolute atomic E-state index is 14.6. The zero-order valence-corrected chi connectivity index (χ0v) is 15.1. The zero-order chi connectivity index (χ0) is 18.7. The highest BCUT2D eigenvalue weighted by Crippen LogP contribution is 2.29. The Labute approximate surface area is 156 Å². The van der Waals surface area contributed by atoms with E-state index in [1.807, 2.05) is 24.3 Å². The molecule has 0 bridgehead atoms. The van der Waals surface area contributed by atoms with Crippen LogP contribution in [0, 0.1) is 5.82 Å². The summed E-state index contributed by atoms with van der Waals surface area (Å²) in [5.41, 5.74) is 2.70. The molecule has 136 valence electrons. The Morgan fingerprint density at radius 2 is 2.04 bits per heavy atom. The van der Waals surface area contributed by atoms with E-state index < -0.39 is 18.0 Å². The summed E-state index contributed by atoms with van der Waals surface area (Å²) in [6.45, 7) is 1.88. The van der Waals surface area contributed by atoms with Gasteiger partial charge in [0.1, 0.15) is 11.9 Å². The molecule has 1 atom stereocenters. The molecule has 0 aromatic heterocycles. The second kappa shape index (κ2) is 7.78. The van der Waals surface area contributed by atoms with Crippen LogP contribution in [0.5, 0.6) is 0 Å². The molecule has 3 rings (SSSR count). The number of anilines is 1. The molecule has 0 unspecified atom stereocenters. The van der Waals surface area contributed by atoms with Gasteiger partial charge in [-0.25, -0.2) is 9.18 Å². The third-order valence-electron chi connectivity index (χ3n) is 4.16. The highest BCUT2D eigenvalue weighted by Gasteiger charge is 2.32. The van der Waals surface area contributed by atoms with Gasteiger partial charge >= 0.3 is 6.09 Å². The van der Waals surface area contributed by atoms with Crippen molar-refractivity contribution in [2.24, 2.45) is 0 Å². The van der Waals surface area contributed by atoms with Crippen LogP contribution in [-0.2, 0) is 15.3 Å². The largest absolute Gasteiger partial charge is 0.442 e. The minimum absolute atomic E-state index is 0.196. The number of ether oxygens (including phenoxy) is 1. The smallest absolute Gasteiger partial charge is 0.414 e. The molecule has 1 N–H and O–H groups in total. The van der Waals surface area contributed by atoms with Gasteiger partial charge < -0.3 is 10.1 Å². The van der Waals surface area contributed by atoms with Crippen LogP contribution in [0.3, 0.4) is 0 Å². The molecule has 0 aliphatic carbocycles. The normalized spacial score (nSPS) is 16.5. The Kier molecular flexibility index (Phi) is 5.46. The summed E-state index contributed by atoms with van der Waals surface area (Å²) in [4.78, 5) is 24.4. The van der Waals surface area contributed by atoms with Crippen molar-refractivity contribution in [2.75, 3.05) is 18.0 Å². The Bertz CT molecular complexity index is 826. The third kappa shape index (κ3) is 3.99. The lowest BCUT2D eigenvalue weighted by Crippen LogP contribution is -2.33. The number of nitrogens with one attached hydrogen (secondary N) is 1. The Morgan fingerprint density at radius 1 is 1.31 bits per heavy atom. The van der Waals surface area contributed by atoms with Gasteiger partial charge in [0.05, 0.1) is 18.8 Å². The first-order valence-electron chi connectivity index (χ1n) is 8.20. The summed E-state index contributed by atoms with van der Waals surface area (Å²) < 4.78 is 19.8. The number of thiol groups is 1. The molecule has 7 heteroatoms. The predicted molar refractivity (Wildman–Crippen MR) is 101 cm³/mol. The predicted octanol–water partition coefficient (Wildman–Crippen LogP) is 3.38. The van der Waals surface area contributed by atoms with Crippen molar-refractivity contribution in [3.05, 3.63) is 53.8 Å². The lowest BCUT2D eigenvalue weighted by molar-refractivity contribution is -0.119. The summed E-state index contributed by atoms with van der Waals surface area (Å²) in [6.07, 6.45) is -1.01. The fourth-order valence-corrected chi connectivity index (χ4v) is 3.00. The van der Waals surface area contributed by atoms with Crippen LogP contribution >= 0.6 is 12.6 Å². The van der Waals surface area contributed by atoms with Gasteiger partial charge in [-0.2, -0.15) is 12.6 Å². The number of benzene rings is 2. The molecule has 2 aromatic carbocycles. The number of rotatable bonds is 5. The molecule has 5 nitrogen and oxygen atoms in total. The van der Waals surface area contributed by atoms with E-state index >= 15 is 0 Å². The molecule has 1 saturated heterocycles. The van der Waals surface area contributed by atoms with Crippen molar-refractivity contribution in [1.82, 2.24) is 5.32 Å². The SMILES string of the molecule is CC(=O)NC[C@H]1CN(c2ccc(-c3ccc(CS)cc3)c(F)c2)C(=O)O1. The monoisotopic (exact) mass is 374 g/mol. The van der Waals surface area contributed by atoms with Gasteiger partial charge in [-0.05, 0) is 29.3 Å². The Hall–Kier alpha value is -2.54. The van der Waals surface area contributed by atoms with Crippen molar-refractivity contribution in [1.29, 1.82) is 0 Å². The van der Waals surface area contributed by atoms with E-state index in [9.17, 15) is 14.0 Å².